The van der Waals surface area contributed by atoms with Crippen LogP contribution in [-0.2, 0) is 11.2 Å². The lowest BCUT2D eigenvalue weighted by Gasteiger charge is -2.18. The van der Waals surface area contributed by atoms with Crippen LogP contribution >= 0.6 is 0 Å². The van der Waals surface area contributed by atoms with Gasteiger partial charge < -0.3 is 30.3 Å². The van der Waals surface area contributed by atoms with Crippen LogP contribution in [0.15, 0.2) is 16.7 Å². The lowest BCUT2D eigenvalue weighted by molar-refractivity contribution is 0.0813. The molecule has 0 unspecified atom stereocenters. The molecule has 3 rings (SSSR count). The molecule has 3 heterocycles. The van der Waals surface area contributed by atoms with Crippen molar-refractivity contribution in [1.29, 1.82) is 0 Å². The molecule has 2 aromatic heterocycles. The number of nitrogens with one attached hydrogen (secondary N) is 1. The van der Waals surface area contributed by atoms with Gasteiger partial charge in [0, 0.05) is 51.2 Å². The van der Waals surface area contributed by atoms with Gasteiger partial charge in [-0.25, -0.2) is 0 Å². The number of hydrogen-bond donors (Lipinski definition) is 3. The van der Waals surface area contributed by atoms with Crippen LogP contribution in [0, 0.1) is 12.8 Å². The van der Waals surface area contributed by atoms with Crippen molar-refractivity contribution in [1.82, 2.24) is 15.1 Å². The SMILES string of the molecule is CO[C@H]1CN(c2cc(NCCO)nc(N)n2)C[C@H]1Cc1cc(C)no1. The number of aliphatic hydroxyl groups excluding tert-OH is 1. The van der Waals surface area contributed by atoms with E-state index in [0.29, 0.717) is 18.9 Å². The summed E-state index contributed by atoms with van der Waals surface area (Å²) in [5, 5.41) is 15.9. The third-order valence-electron chi connectivity index (χ3n) is 4.30. The Labute approximate surface area is 146 Å². The van der Waals surface area contributed by atoms with Crippen LogP contribution in [0.1, 0.15) is 11.5 Å². The predicted octanol–water partition coefficient (Wildman–Crippen LogP) is 0.453. The maximum atomic E-state index is 8.94. The van der Waals surface area contributed by atoms with Crippen LogP contribution in [-0.4, -0.2) is 59.7 Å². The Morgan fingerprint density at radius 2 is 2.24 bits per heavy atom. The largest absolute Gasteiger partial charge is 0.395 e. The third-order valence-corrected chi connectivity index (χ3v) is 4.30. The van der Waals surface area contributed by atoms with Crippen molar-refractivity contribution in [2.24, 2.45) is 5.92 Å². The van der Waals surface area contributed by atoms with Gasteiger partial charge >= 0.3 is 0 Å². The molecular weight excluding hydrogens is 324 g/mol. The fourth-order valence-corrected chi connectivity index (χ4v) is 3.15. The van der Waals surface area contributed by atoms with E-state index in [1.165, 1.54) is 0 Å². The number of aliphatic hydroxyl groups is 1. The average molecular weight is 348 g/mol. The fraction of sp³-hybridized carbons (Fsp3) is 0.562. The molecule has 2 atom stereocenters. The zero-order chi connectivity index (χ0) is 17.8. The number of aryl methyl sites for hydroxylation is 1. The zero-order valence-corrected chi connectivity index (χ0v) is 14.5. The number of aromatic nitrogens is 3. The number of nitrogens with two attached hydrogens (primary N) is 1. The molecule has 1 saturated heterocycles. The monoisotopic (exact) mass is 348 g/mol. The molecule has 0 amide bonds. The van der Waals surface area contributed by atoms with Crippen molar-refractivity contribution in [2.75, 3.05) is 49.3 Å². The van der Waals surface area contributed by atoms with Gasteiger partial charge in [0.15, 0.2) is 0 Å². The van der Waals surface area contributed by atoms with Gasteiger partial charge in [-0.3, -0.25) is 0 Å². The zero-order valence-electron chi connectivity index (χ0n) is 14.5. The highest BCUT2D eigenvalue weighted by atomic mass is 16.5. The van der Waals surface area contributed by atoms with Crippen LogP contribution in [0.5, 0.6) is 0 Å². The molecule has 0 bridgehead atoms. The topological polar surface area (TPSA) is 123 Å². The summed E-state index contributed by atoms with van der Waals surface area (Å²) in [7, 11) is 1.72. The summed E-state index contributed by atoms with van der Waals surface area (Å²) in [6.45, 7) is 3.82. The van der Waals surface area contributed by atoms with E-state index in [4.69, 9.17) is 20.1 Å². The maximum Gasteiger partial charge on any atom is 0.223 e. The van der Waals surface area contributed by atoms with Gasteiger partial charge in [0.05, 0.1) is 18.4 Å². The van der Waals surface area contributed by atoms with Crippen LogP contribution < -0.4 is 16.0 Å². The van der Waals surface area contributed by atoms with Crippen molar-refractivity contribution < 1.29 is 14.4 Å². The summed E-state index contributed by atoms with van der Waals surface area (Å²) in [6, 6.07) is 3.79. The van der Waals surface area contributed by atoms with Crippen LogP contribution in [0.25, 0.3) is 0 Å². The number of rotatable bonds is 7. The van der Waals surface area contributed by atoms with Crippen molar-refractivity contribution >= 4 is 17.6 Å². The first-order chi connectivity index (χ1) is 12.1. The van der Waals surface area contributed by atoms with E-state index in [0.717, 1.165) is 30.2 Å². The first-order valence-corrected chi connectivity index (χ1v) is 8.28. The lowest BCUT2D eigenvalue weighted by Crippen LogP contribution is -2.24. The molecule has 9 heteroatoms. The molecule has 0 aromatic carbocycles. The maximum absolute atomic E-state index is 8.94. The van der Waals surface area contributed by atoms with Gasteiger partial charge in [0.1, 0.15) is 17.4 Å². The summed E-state index contributed by atoms with van der Waals surface area (Å²) < 4.78 is 11.0. The molecule has 9 nitrogen and oxygen atoms in total. The van der Waals surface area contributed by atoms with Gasteiger partial charge in [0.25, 0.3) is 0 Å². The first kappa shape index (κ1) is 17.4. The normalized spacial score (nSPS) is 20.2. The van der Waals surface area contributed by atoms with Crippen LogP contribution in [0.2, 0.25) is 0 Å². The first-order valence-electron chi connectivity index (χ1n) is 8.28. The van der Waals surface area contributed by atoms with Crippen molar-refractivity contribution in [3.63, 3.8) is 0 Å². The summed E-state index contributed by atoms with van der Waals surface area (Å²) >= 11 is 0. The smallest absolute Gasteiger partial charge is 0.223 e. The second-order valence-corrected chi connectivity index (χ2v) is 6.20. The van der Waals surface area contributed by atoms with Gasteiger partial charge in [-0.05, 0) is 6.92 Å². The van der Waals surface area contributed by atoms with Gasteiger partial charge in [0.2, 0.25) is 5.95 Å². The van der Waals surface area contributed by atoms with E-state index >= 15 is 0 Å². The second kappa shape index (κ2) is 7.66. The summed E-state index contributed by atoms with van der Waals surface area (Å²) in [5.74, 6) is 2.66. The van der Waals surface area contributed by atoms with Crippen molar-refractivity contribution in [3.8, 4) is 0 Å². The molecule has 1 aliphatic rings. The molecule has 25 heavy (non-hydrogen) atoms. The van der Waals surface area contributed by atoms with Gasteiger partial charge in [-0.15, -0.1) is 0 Å². The minimum atomic E-state index is 0.0212. The highest BCUT2D eigenvalue weighted by molar-refractivity contribution is 5.53. The molecule has 1 fully saturated rings. The number of anilines is 3. The number of methoxy groups -OCH3 is 1. The summed E-state index contributed by atoms with van der Waals surface area (Å²) in [6.07, 6.45) is 0.821. The van der Waals surface area contributed by atoms with E-state index in [2.05, 4.69) is 25.3 Å². The standard InChI is InChI=1S/C16H24N6O3/c1-10-5-12(25-21-10)6-11-8-22(9-13(11)24-2)15-7-14(18-3-4-23)19-16(17)20-15/h5,7,11,13,23H,3-4,6,8-9H2,1-2H3,(H3,17,18,19,20)/t11-,13+/m1/s1. The molecular formula is C16H24N6O3. The van der Waals surface area contributed by atoms with E-state index < -0.39 is 0 Å². The number of hydrogen-bond acceptors (Lipinski definition) is 9. The third kappa shape index (κ3) is 4.18. The quantitative estimate of drug-likeness (QED) is 0.654. The van der Waals surface area contributed by atoms with E-state index in [1.54, 1.807) is 7.11 Å². The molecule has 136 valence electrons. The molecule has 0 aliphatic carbocycles. The minimum absolute atomic E-state index is 0.0212. The van der Waals surface area contributed by atoms with Gasteiger partial charge in [-0.2, -0.15) is 9.97 Å². The fourth-order valence-electron chi connectivity index (χ4n) is 3.15. The Balaban J connectivity index is 1.73. The molecule has 1 aliphatic heterocycles. The number of ether oxygens (including phenoxy) is 1. The van der Waals surface area contributed by atoms with Crippen molar-refractivity contribution in [3.05, 3.63) is 23.6 Å². The predicted molar refractivity (Wildman–Crippen MR) is 93.5 cm³/mol. The van der Waals surface area contributed by atoms with E-state index in [1.807, 2.05) is 19.1 Å². The highest BCUT2D eigenvalue weighted by Gasteiger charge is 2.34. The molecule has 0 saturated carbocycles. The van der Waals surface area contributed by atoms with E-state index in [9.17, 15) is 0 Å². The minimum Gasteiger partial charge on any atom is -0.395 e. The number of nitrogen functional groups attached to an aromatic ring is 1. The summed E-state index contributed by atoms with van der Waals surface area (Å²) in [4.78, 5) is 10.6. The van der Waals surface area contributed by atoms with Crippen LogP contribution in [0.3, 0.4) is 0 Å². The molecule has 2 aromatic rings. The van der Waals surface area contributed by atoms with Crippen molar-refractivity contribution in [2.45, 2.75) is 19.4 Å². The Bertz CT molecular complexity index is 707. The summed E-state index contributed by atoms with van der Waals surface area (Å²) in [5.41, 5.74) is 6.70. The molecule has 4 N–H and O–H groups in total. The van der Waals surface area contributed by atoms with Gasteiger partial charge in [-0.1, -0.05) is 5.16 Å². The number of nitrogens with zero attached hydrogens (tertiary/aromatic N) is 4. The van der Waals surface area contributed by atoms with Crippen LogP contribution in [0.4, 0.5) is 17.6 Å². The highest BCUT2D eigenvalue weighted by Crippen LogP contribution is 2.28. The Kier molecular flexibility index (Phi) is 5.34. The molecule has 0 spiro atoms. The molecule has 0 radical (unpaired) electrons. The second-order valence-electron chi connectivity index (χ2n) is 6.20. The lowest BCUT2D eigenvalue weighted by atomic mass is 10.0. The Hall–Kier alpha value is -2.39. The Morgan fingerprint density at radius 3 is 2.92 bits per heavy atom. The Morgan fingerprint density at radius 1 is 1.40 bits per heavy atom. The van der Waals surface area contributed by atoms with E-state index in [-0.39, 0.29) is 24.6 Å². The average Bonchev–Trinajstić information content (AvgIpc) is 3.19.